The number of hydrogen-bond donors (Lipinski definition) is 3. The standard InChI is InChI=1S/C16H21N7O5/c1-22(2)7-19-16-20-13-10(14(26)21-16)18-8-23(13)15-12(27-5-3-4-17)11(25)9(6-24)28-15/h7-9,11-12,15,24-25H,3,5-6H2,1-2H3,(H,20,21,26)/b19-7+/t9-,11-,12-,15-/m1/s1. The Bertz CT molecular complexity index is 947. The maximum Gasteiger partial charge on any atom is 0.280 e. The van der Waals surface area contributed by atoms with Crippen molar-refractivity contribution in [1.82, 2.24) is 24.4 Å². The zero-order valence-corrected chi connectivity index (χ0v) is 15.4. The summed E-state index contributed by atoms with van der Waals surface area (Å²) in [6.45, 7) is -0.343. The Kier molecular flexibility index (Phi) is 6.00. The Morgan fingerprint density at radius 3 is 3.04 bits per heavy atom. The second-order valence-electron chi connectivity index (χ2n) is 6.40. The van der Waals surface area contributed by atoms with Crippen LogP contribution >= 0.6 is 0 Å². The Hall–Kier alpha value is -2.85. The van der Waals surface area contributed by atoms with E-state index in [2.05, 4.69) is 19.9 Å². The molecule has 12 heteroatoms. The maximum absolute atomic E-state index is 12.3. The van der Waals surface area contributed by atoms with Crippen molar-refractivity contribution in [3.63, 3.8) is 0 Å². The minimum Gasteiger partial charge on any atom is -0.394 e. The molecule has 1 aliphatic heterocycles. The smallest absolute Gasteiger partial charge is 0.280 e. The lowest BCUT2D eigenvalue weighted by Crippen LogP contribution is -2.35. The monoisotopic (exact) mass is 391 g/mol. The summed E-state index contributed by atoms with van der Waals surface area (Å²) < 4.78 is 12.8. The van der Waals surface area contributed by atoms with Gasteiger partial charge in [-0.1, -0.05) is 0 Å². The molecule has 0 aromatic carbocycles. The summed E-state index contributed by atoms with van der Waals surface area (Å²) in [6.07, 6.45) is -0.817. The molecule has 0 amide bonds. The molecule has 1 aliphatic rings. The van der Waals surface area contributed by atoms with Crippen molar-refractivity contribution in [3.8, 4) is 6.07 Å². The molecule has 3 N–H and O–H groups in total. The minimum atomic E-state index is -1.13. The van der Waals surface area contributed by atoms with Gasteiger partial charge in [-0.2, -0.15) is 10.2 Å². The number of hydrogen-bond acceptors (Lipinski definition) is 9. The summed E-state index contributed by atoms with van der Waals surface area (Å²) in [4.78, 5) is 29.0. The number of aromatic amines is 1. The normalized spacial score (nSPS) is 24.8. The van der Waals surface area contributed by atoms with E-state index in [9.17, 15) is 15.0 Å². The molecule has 0 radical (unpaired) electrons. The van der Waals surface area contributed by atoms with Crippen LogP contribution in [0.15, 0.2) is 16.1 Å². The van der Waals surface area contributed by atoms with Crippen LogP contribution in [0.1, 0.15) is 12.6 Å². The number of aromatic nitrogens is 4. The highest BCUT2D eigenvalue weighted by molar-refractivity contribution is 5.71. The molecular formula is C16H21N7O5. The molecule has 0 saturated carbocycles. The molecule has 3 rings (SSSR count). The van der Waals surface area contributed by atoms with Gasteiger partial charge in [-0.3, -0.25) is 14.3 Å². The molecule has 12 nitrogen and oxygen atoms in total. The number of imidazole rings is 1. The summed E-state index contributed by atoms with van der Waals surface area (Å²) in [5.41, 5.74) is -0.210. The van der Waals surface area contributed by atoms with Crippen molar-refractivity contribution in [2.45, 2.75) is 31.0 Å². The van der Waals surface area contributed by atoms with E-state index in [1.165, 1.54) is 17.2 Å². The van der Waals surface area contributed by atoms with Crippen LogP contribution in [0.3, 0.4) is 0 Å². The first-order valence-electron chi connectivity index (χ1n) is 8.56. The van der Waals surface area contributed by atoms with Crippen LogP contribution in [0.2, 0.25) is 0 Å². The van der Waals surface area contributed by atoms with E-state index in [1.54, 1.807) is 19.0 Å². The number of H-pyrrole nitrogens is 1. The summed E-state index contributed by atoms with van der Waals surface area (Å²) in [5, 5.41) is 28.6. The van der Waals surface area contributed by atoms with Crippen LogP contribution in [-0.2, 0) is 9.47 Å². The highest BCUT2D eigenvalue weighted by Crippen LogP contribution is 2.33. The number of nitrogens with one attached hydrogen (secondary N) is 1. The molecule has 0 aliphatic carbocycles. The van der Waals surface area contributed by atoms with E-state index in [0.717, 1.165) is 0 Å². The van der Waals surface area contributed by atoms with Gasteiger partial charge in [0, 0.05) is 14.1 Å². The van der Waals surface area contributed by atoms with Crippen molar-refractivity contribution in [3.05, 3.63) is 16.7 Å². The van der Waals surface area contributed by atoms with E-state index in [1.807, 2.05) is 6.07 Å². The Morgan fingerprint density at radius 2 is 2.36 bits per heavy atom. The fraction of sp³-hybridized carbons (Fsp3) is 0.562. The fourth-order valence-electron chi connectivity index (χ4n) is 2.85. The Balaban J connectivity index is 2.00. The lowest BCUT2D eigenvalue weighted by atomic mass is 10.1. The molecule has 0 unspecified atom stereocenters. The predicted molar refractivity (Wildman–Crippen MR) is 97.0 cm³/mol. The van der Waals surface area contributed by atoms with Gasteiger partial charge >= 0.3 is 0 Å². The molecule has 3 heterocycles. The van der Waals surface area contributed by atoms with Crippen molar-refractivity contribution < 1.29 is 19.7 Å². The fourth-order valence-corrected chi connectivity index (χ4v) is 2.85. The number of rotatable bonds is 7. The van der Waals surface area contributed by atoms with E-state index in [0.29, 0.717) is 0 Å². The molecule has 2 aromatic rings. The first-order valence-corrected chi connectivity index (χ1v) is 8.56. The van der Waals surface area contributed by atoms with Crippen LogP contribution in [0, 0.1) is 11.3 Å². The summed E-state index contributed by atoms with van der Waals surface area (Å²) >= 11 is 0. The van der Waals surface area contributed by atoms with Crippen LogP contribution in [-0.4, -0.2) is 86.6 Å². The second kappa shape index (κ2) is 8.44. The van der Waals surface area contributed by atoms with E-state index >= 15 is 0 Å². The van der Waals surface area contributed by atoms with Gasteiger partial charge in [-0.15, -0.1) is 0 Å². The molecule has 1 saturated heterocycles. The van der Waals surface area contributed by atoms with Crippen molar-refractivity contribution in [1.29, 1.82) is 5.26 Å². The summed E-state index contributed by atoms with van der Waals surface area (Å²) in [5.74, 6) is 0.0761. The third-order valence-corrected chi connectivity index (χ3v) is 4.12. The largest absolute Gasteiger partial charge is 0.394 e. The Labute approximate surface area is 159 Å². The maximum atomic E-state index is 12.3. The average Bonchev–Trinajstić information content (AvgIpc) is 3.22. The molecule has 2 aromatic heterocycles. The summed E-state index contributed by atoms with van der Waals surface area (Å²) in [6, 6.07) is 1.96. The third-order valence-electron chi connectivity index (χ3n) is 4.12. The molecule has 28 heavy (non-hydrogen) atoms. The quantitative estimate of drug-likeness (QED) is 0.302. The number of fused-ring (bicyclic) bond motifs is 1. The van der Waals surface area contributed by atoms with Crippen LogP contribution in [0.4, 0.5) is 5.95 Å². The molecule has 1 fully saturated rings. The lowest BCUT2D eigenvalue weighted by molar-refractivity contribution is -0.0693. The number of aliphatic imine (C=N–C) groups is 1. The topological polar surface area (TPSA) is 162 Å². The lowest BCUT2D eigenvalue weighted by Gasteiger charge is -2.21. The van der Waals surface area contributed by atoms with Gasteiger partial charge in [0.15, 0.2) is 17.4 Å². The van der Waals surface area contributed by atoms with E-state index in [4.69, 9.17) is 14.7 Å². The molecule has 150 valence electrons. The first-order chi connectivity index (χ1) is 13.5. The van der Waals surface area contributed by atoms with Crippen LogP contribution in [0.5, 0.6) is 0 Å². The average molecular weight is 391 g/mol. The van der Waals surface area contributed by atoms with Gasteiger partial charge in [0.2, 0.25) is 5.95 Å². The van der Waals surface area contributed by atoms with E-state index in [-0.39, 0.29) is 30.1 Å². The zero-order valence-electron chi connectivity index (χ0n) is 15.4. The van der Waals surface area contributed by atoms with Crippen molar-refractivity contribution in [2.24, 2.45) is 4.99 Å². The molecular weight excluding hydrogens is 370 g/mol. The second-order valence-corrected chi connectivity index (χ2v) is 6.40. The molecule has 0 bridgehead atoms. The SMILES string of the molecule is CN(C)/C=N/c1nc2c(ncn2[C@@H]2O[C@H](CO)[C@@H](O)[C@H]2OCCC#N)c(=O)[nH]1. The summed E-state index contributed by atoms with van der Waals surface area (Å²) in [7, 11) is 3.55. The van der Waals surface area contributed by atoms with Gasteiger partial charge in [-0.05, 0) is 0 Å². The Morgan fingerprint density at radius 1 is 1.57 bits per heavy atom. The molecule has 0 spiro atoms. The predicted octanol–water partition coefficient (Wildman–Crippen LogP) is -1.11. The van der Waals surface area contributed by atoms with Gasteiger partial charge in [0.25, 0.3) is 5.56 Å². The van der Waals surface area contributed by atoms with Crippen LogP contribution in [0.25, 0.3) is 11.2 Å². The number of ether oxygens (including phenoxy) is 2. The van der Waals surface area contributed by atoms with Gasteiger partial charge in [0.05, 0.1) is 38.4 Å². The van der Waals surface area contributed by atoms with Crippen molar-refractivity contribution >= 4 is 23.5 Å². The van der Waals surface area contributed by atoms with E-state index < -0.39 is 36.7 Å². The number of nitriles is 1. The van der Waals surface area contributed by atoms with Gasteiger partial charge in [-0.25, -0.2) is 9.98 Å². The zero-order chi connectivity index (χ0) is 20.3. The van der Waals surface area contributed by atoms with Gasteiger partial charge in [0.1, 0.15) is 18.3 Å². The highest BCUT2D eigenvalue weighted by Gasteiger charge is 2.45. The van der Waals surface area contributed by atoms with Crippen molar-refractivity contribution in [2.75, 3.05) is 27.3 Å². The number of aliphatic hydroxyl groups is 2. The first kappa shape index (κ1) is 19.9. The number of aliphatic hydroxyl groups excluding tert-OH is 2. The third kappa shape index (κ3) is 3.87. The molecule has 4 atom stereocenters. The minimum absolute atomic E-state index is 0.0742. The van der Waals surface area contributed by atoms with Crippen LogP contribution < -0.4 is 5.56 Å². The highest BCUT2D eigenvalue weighted by atomic mass is 16.6. The number of nitrogens with zero attached hydrogens (tertiary/aromatic N) is 6. The van der Waals surface area contributed by atoms with Gasteiger partial charge < -0.3 is 24.6 Å².